The summed E-state index contributed by atoms with van der Waals surface area (Å²) in [6, 6.07) is 4.64. The van der Waals surface area contributed by atoms with Gasteiger partial charge >= 0.3 is 0 Å². The van der Waals surface area contributed by atoms with Crippen molar-refractivity contribution in [2.24, 2.45) is 0 Å². The van der Waals surface area contributed by atoms with Gasteiger partial charge in [-0.25, -0.2) is 4.39 Å². The van der Waals surface area contributed by atoms with Crippen molar-refractivity contribution in [3.8, 4) is 0 Å². The summed E-state index contributed by atoms with van der Waals surface area (Å²) in [5, 5.41) is 18.8. The molecule has 0 amide bonds. The third-order valence-electron chi connectivity index (χ3n) is 2.43. The van der Waals surface area contributed by atoms with E-state index in [4.69, 9.17) is 0 Å². The third-order valence-corrected chi connectivity index (χ3v) is 3.86. The molecule has 0 aliphatic heterocycles. The molecule has 4 heteroatoms. The number of aliphatic hydroxyl groups excluding tert-OH is 2. The molecular formula is C12H17FO2S. The summed E-state index contributed by atoms with van der Waals surface area (Å²) < 4.78 is 13.6. The molecule has 0 heterocycles. The molecule has 0 aliphatic carbocycles. The van der Waals surface area contributed by atoms with Crippen molar-refractivity contribution >= 4 is 11.8 Å². The molecule has 0 saturated heterocycles. The largest absolute Gasteiger partial charge is 0.392 e. The summed E-state index contributed by atoms with van der Waals surface area (Å²) >= 11 is 1.25. The Labute approximate surface area is 99.5 Å². The Hall–Kier alpha value is -0.580. The van der Waals surface area contributed by atoms with Crippen LogP contribution in [0.2, 0.25) is 0 Å². The van der Waals surface area contributed by atoms with Crippen molar-refractivity contribution in [1.82, 2.24) is 0 Å². The van der Waals surface area contributed by atoms with E-state index >= 15 is 0 Å². The minimum atomic E-state index is -0.709. The Morgan fingerprint density at radius 1 is 1.19 bits per heavy atom. The van der Waals surface area contributed by atoms with Crippen molar-refractivity contribution in [3.05, 3.63) is 29.6 Å². The Kier molecular flexibility index (Phi) is 4.77. The quantitative estimate of drug-likeness (QED) is 0.800. The lowest BCUT2D eigenvalue weighted by molar-refractivity contribution is 0.193. The number of rotatable bonds is 4. The zero-order valence-electron chi connectivity index (χ0n) is 9.64. The standard InChI is InChI=1S/C12H17FO2S/c1-7(14)9(3)16-12-10(8(2)15)5-4-6-11(12)13/h4-9,14-15H,1-3H3/t7?,8-,9?/m1/s1. The first-order valence-corrected chi connectivity index (χ1v) is 6.12. The molecule has 1 aromatic rings. The highest BCUT2D eigenvalue weighted by molar-refractivity contribution is 8.00. The van der Waals surface area contributed by atoms with Crippen LogP contribution in [0.5, 0.6) is 0 Å². The van der Waals surface area contributed by atoms with Crippen LogP contribution in [-0.4, -0.2) is 21.6 Å². The van der Waals surface area contributed by atoms with E-state index in [2.05, 4.69) is 0 Å². The lowest BCUT2D eigenvalue weighted by atomic mass is 10.1. The first-order valence-electron chi connectivity index (χ1n) is 5.24. The molecule has 1 aromatic carbocycles. The van der Waals surface area contributed by atoms with Crippen molar-refractivity contribution in [3.63, 3.8) is 0 Å². The van der Waals surface area contributed by atoms with Crippen molar-refractivity contribution in [2.75, 3.05) is 0 Å². The fourth-order valence-corrected chi connectivity index (χ4v) is 2.39. The first-order chi connectivity index (χ1) is 7.43. The molecule has 0 aromatic heterocycles. The molecule has 0 spiro atoms. The third kappa shape index (κ3) is 3.20. The molecule has 0 bridgehead atoms. The van der Waals surface area contributed by atoms with Crippen LogP contribution in [0.15, 0.2) is 23.1 Å². The molecule has 16 heavy (non-hydrogen) atoms. The van der Waals surface area contributed by atoms with Crippen LogP contribution in [0.4, 0.5) is 4.39 Å². The van der Waals surface area contributed by atoms with Gasteiger partial charge in [-0.1, -0.05) is 19.1 Å². The van der Waals surface area contributed by atoms with Gasteiger partial charge in [0.15, 0.2) is 0 Å². The second-order valence-corrected chi connectivity index (χ2v) is 5.29. The van der Waals surface area contributed by atoms with E-state index in [1.165, 1.54) is 17.8 Å². The average molecular weight is 244 g/mol. The fourth-order valence-electron chi connectivity index (χ4n) is 1.26. The molecule has 3 atom stereocenters. The highest BCUT2D eigenvalue weighted by Gasteiger charge is 2.18. The molecule has 0 saturated carbocycles. The van der Waals surface area contributed by atoms with E-state index in [1.807, 2.05) is 6.92 Å². The number of aliphatic hydroxyl groups is 2. The molecule has 0 radical (unpaired) electrons. The summed E-state index contributed by atoms with van der Waals surface area (Å²) in [6.07, 6.45) is -1.23. The monoisotopic (exact) mass is 244 g/mol. The van der Waals surface area contributed by atoms with Gasteiger partial charge in [-0.2, -0.15) is 0 Å². The molecular weight excluding hydrogens is 227 g/mol. The predicted molar refractivity (Wildman–Crippen MR) is 64.0 cm³/mol. The highest BCUT2D eigenvalue weighted by atomic mass is 32.2. The van der Waals surface area contributed by atoms with Gasteiger partial charge in [-0.05, 0) is 25.5 Å². The van der Waals surface area contributed by atoms with Gasteiger partial charge in [0.2, 0.25) is 0 Å². The SMILES string of the molecule is CC(O)C(C)Sc1c(F)cccc1[C@@H](C)O. The summed E-state index contributed by atoms with van der Waals surface area (Å²) in [6.45, 7) is 5.10. The van der Waals surface area contributed by atoms with Crippen LogP contribution in [0.25, 0.3) is 0 Å². The normalized spacial score (nSPS) is 16.9. The average Bonchev–Trinajstić information content (AvgIpc) is 2.20. The van der Waals surface area contributed by atoms with Crippen LogP contribution in [0.3, 0.4) is 0 Å². The van der Waals surface area contributed by atoms with Gasteiger partial charge < -0.3 is 10.2 Å². The number of halogens is 1. The maximum Gasteiger partial charge on any atom is 0.137 e. The van der Waals surface area contributed by atoms with E-state index in [9.17, 15) is 14.6 Å². The second kappa shape index (κ2) is 5.66. The number of benzene rings is 1. The Morgan fingerprint density at radius 2 is 1.81 bits per heavy atom. The van der Waals surface area contributed by atoms with Gasteiger partial charge in [-0.3, -0.25) is 0 Å². The van der Waals surface area contributed by atoms with Gasteiger partial charge in [0, 0.05) is 10.1 Å². The zero-order valence-corrected chi connectivity index (χ0v) is 10.5. The van der Waals surface area contributed by atoms with E-state index in [-0.39, 0.29) is 11.1 Å². The van der Waals surface area contributed by atoms with Crippen molar-refractivity contribution < 1.29 is 14.6 Å². The maximum atomic E-state index is 13.6. The number of thioether (sulfide) groups is 1. The van der Waals surface area contributed by atoms with Gasteiger partial charge in [0.1, 0.15) is 5.82 Å². The Morgan fingerprint density at radius 3 is 2.31 bits per heavy atom. The van der Waals surface area contributed by atoms with Crippen LogP contribution in [-0.2, 0) is 0 Å². The molecule has 90 valence electrons. The van der Waals surface area contributed by atoms with Crippen LogP contribution < -0.4 is 0 Å². The lowest BCUT2D eigenvalue weighted by Gasteiger charge is -2.18. The Bertz CT molecular complexity index is 353. The highest BCUT2D eigenvalue weighted by Crippen LogP contribution is 2.33. The van der Waals surface area contributed by atoms with Crippen LogP contribution in [0, 0.1) is 5.82 Å². The molecule has 0 aliphatic rings. The Balaban J connectivity index is 3.01. The van der Waals surface area contributed by atoms with Gasteiger partial charge in [0.25, 0.3) is 0 Å². The summed E-state index contributed by atoms with van der Waals surface area (Å²) in [5.41, 5.74) is 0.567. The van der Waals surface area contributed by atoms with E-state index in [0.717, 1.165) is 0 Å². The molecule has 1 rings (SSSR count). The molecule has 2 unspecified atom stereocenters. The zero-order chi connectivity index (χ0) is 12.3. The minimum Gasteiger partial charge on any atom is -0.392 e. The van der Waals surface area contributed by atoms with Crippen LogP contribution in [0.1, 0.15) is 32.4 Å². The summed E-state index contributed by atoms with van der Waals surface area (Å²) in [7, 11) is 0. The summed E-state index contributed by atoms with van der Waals surface area (Å²) in [5.74, 6) is -0.351. The lowest BCUT2D eigenvalue weighted by Crippen LogP contribution is -2.15. The number of hydrogen-bond acceptors (Lipinski definition) is 3. The molecule has 0 fully saturated rings. The van der Waals surface area contributed by atoms with E-state index < -0.39 is 12.2 Å². The van der Waals surface area contributed by atoms with Gasteiger partial charge in [0.05, 0.1) is 12.2 Å². The smallest absolute Gasteiger partial charge is 0.137 e. The molecule has 2 N–H and O–H groups in total. The van der Waals surface area contributed by atoms with E-state index in [1.54, 1.807) is 26.0 Å². The second-order valence-electron chi connectivity index (χ2n) is 3.90. The van der Waals surface area contributed by atoms with E-state index in [0.29, 0.717) is 10.5 Å². The number of hydrogen-bond donors (Lipinski definition) is 2. The van der Waals surface area contributed by atoms with Crippen LogP contribution >= 0.6 is 11.8 Å². The fraction of sp³-hybridized carbons (Fsp3) is 0.500. The predicted octanol–water partition coefficient (Wildman–Crippen LogP) is 2.74. The minimum absolute atomic E-state index is 0.116. The van der Waals surface area contributed by atoms with Crippen molar-refractivity contribution in [1.29, 1.82) is 0 Å². The molecule has 2 nitrogen and oxygen atoms in total. The summed E-state index contributed by atoms with van der Waals surface area (Å²) in [4.78, 5) is 0.422. The first kappa shape index (κ1) is 13.5. The van der Waals surface area contributed by atoms with Crippen molar-refractivity contribution in [2.45, 2.75) is 43.1 Å². The maximum absolute atomic E-state index is 13.6. The van der Waals surface area contributed by atoms with Gasteiger partial charge in [-0.15, -0.1) is 11.8 Å². The topological polar surface area (TPSA) is 40.5 Å².